The molecule has 1 unspecified atom stereocenters. The number of carbonyl (C=O) groups is 1. The third-order valence-corrected chi connectivity index (χ3v) is 6.19. The molecule has 0 saturated heterocycles. The topological polar surface area (TPSA) is 119 Å². The Morgan fingerprint density at radius 3 is 2.58 bits per heavy atom. The highest BCUT2D eigenvalue weighted by molar-refractivity contribution is 6.15. The average molecular weight is 482 g/mol. The largest absolute Gasteiger partial charge is 0.508 e. The highest BCUT2D eigenvalue weighted by Gasteiger charge is 2.24. The minimum absolute atomic E-state index is 0.0251. The second-order valence-corrected chi connectivity index (χ2v) is 8.69. The van der Waals surface area contributed by atoms with E-state index in [0.29, 0.717) is 35.0 Å². The second-order valence-electron chi connectivity index (χ2n) is 8.69. The first-order valence-electron chi connectivity index (χ1n) is 11.7. The van der Waals surface area contributed by atoms with Crippen LogP contribution in [0.4, 0.5) is 28.6 Å². The number of nitrogens with zero attached hydrogens (tertiary/aromatic N) is 1. The van der Waals surface area contributed by atoms with Gasteiger partial charge in [0.15, 0.2) is 0 Å². The van der Waals surface area contributed by atoms with Crippen LogP contribution in [0.1, 0.15) is 33.1 Å². The third kappa shape index (κ3) is 4.86. The molecule has 0 saturated carbocycles. The molecule has 4 aromatic rings. The van der Waals surface area contributed by atoms with Gasteiger partial charge in [-0.1, -0.05) is 42.5 Å². The Kier molecular flexibility index (Phi) is 6.53. The minimum atomic E-state index is -0.299. The van der Waals surface area contributed by atoms with Gasteiger partial charge in [0.2, 0.25) is 0 Å². The highest BCUT2D eigenvalue weighted by Crippen LogP contribution is 2.36. The van der Waals surface area contributed by atoms with Crippen LogP contribution >= 0.6 is 0 Å². The lowest BCUT2D eigenvalue weighted by Crippen LogP contribution is -2.24. The standard InChI is InChI=1S/C28H27N5O3/c1-17-7-9-20(35)14-23(17)31-22-11-12-29-27-26(22)28(36)33-24-13-18(8-10-21(24)32-27)15-30-25(16-34)19-5-3-2-4-6-19/h2-14,25,30,34-35H,15-16H2,1H3,(H,33,36)(H2,29,31,32). The monoisotopic (exact) mass is 481 g/mol. The molecule has 0 bridgehead atoms. The smallest absolute Gasteiger partial charge is 0.261 e. The fraction of sp³-hybridized carbons (Fsp3) is 0.143. The number of carbonyl (C=O) groups excluding carboxylic acids is 1. The van der Waals surface area contributed by atoms with Crippen LogP contribution in [0.2, 0.25) is 0 Å². The summed E-state index contributed by atoms with van der Waals surface area (Å²) >= 11 is 0. The van der Waals surface area contributed by atoms with Crippen LogP contribution in [0.15, 0.2) is 79.0 Å². The Morgan fingerprint density at radius 2 is 1.78 bits per heavy atom. The fourth-order valence-electron chi connectivity index (χ4n) is 4.22. The highest BCUT2D eigenvalue weighted by atomic mass is 16.3. The first-order valence-corrected chi connectivity index (χ1v) is 11.7. The van der Waals surface area contributed by atoms with E-state index in [1.165, 1.54) is 0 Å². The average Bonchev–Trinajstić information content (AvgIpc) is 3.03. The van der Waals surface area contributed by atoms with Crippen molar-refractivity contribution in [1.82, 2.24) is 10.3 Å². The van der Waals surface area contributed by atoms with Crippen LogP contribution in [0, 0.1) is 6.92 Å². The molecule has 8 nitrogen and oxygen atoms in total. The van der Waals surface area contributed by atoms with Crippen LogP contribution in [-0.2, 0) is 6.54 Å². The van der Waals surface area contributed by atoms with E-state index in [9.17, 15) is 15.0 Å². The third-order valence-electron chi connectivity index (χ3n) is 6.19. The Morgan fingerprint density at radius 1 is 0.944 bits per heavy atom. The van der Waals surface area contributed by atoms with Crippen molar-refractivity contribution in [1.29, 1.82) is 0 Å². The first-order chi connectivity index (χ1) is 17.5. The summed E-state index contributed by atoms with van der Waals surface area (Å²) in [4.78, 5) is 17.7. The van der Waals surface area contributed by atoms with E-state index in [0.717, 1.165) is 22.4 Å². The molecule has 5 rings (SSSR count). The van der Waals surface area contributed by atoms with Crippen LogP contribution in [0.25, 0.3) is 0 Å². The number of aromatic hydroxyl groups is 1. The lowest BCUT2D eigenvalue weighted by molar-refractivity contribution is 0.102. The molecule has 0 fully saturated rings. The van der Waals surface area contributed by atoms with Crippen LogP contribution in [-0.4, -0.2) is 27.7 Å². The van der Waals surface area contributed by atoms with Gasteiger partial charge in [0.25, 0.3) is 5.91 Å². The molecule has 1 atom stereocenters. The summed E-state index contributed by atoms with van der Waals surface area (Å²) in [6, 6.07) is 22.1. The number of aryl methyl sites for hydroxylation is 1. The van der Waals surface area contributed by atoms with Gasteiger partial charge in [-0.2, -0.15) is 0 Å². The lowest BCUT2D eigenvalue weighted by atomic mass is 10.1. The van der Waals surface area contributed by atoms with Crippen LogP contribution in [0.5, 0.6) is 5.75 Å². The molecular formula is C28H27N5O3. The number of nitrogens with one attached hydrogen (secondary N) is 4. The Balaban J connectivity index is 1.37. The SMILES string of the molecule is Cc1ccc(O)cc1Nc1ccnc2c1C(=O)Nc1cc(CNC(CO)c3ccccc3)ccc1N2. The van der Waals surface area contributed by atoms with Crippen molar-refractivity contribution in [3.8, 4) is 5.75 Å². The fourth-order valence-corrected chi connectivity index (χ4v) is 4.22. The summed E-state index contributed by atoms with van der Waals surface area (Å²) in [5.74, 6) is 0.270. The quantitative estimate of drug-likeness (QED) is 0.221. The maximum Gasteiger partial charge on any atom is 0.261 e. The number of anilines is 5. The molecule has 182 valence electrons. The number of aromatic nitrogens is 1. The zero-order chi connectivity index (χ0) is 25.1. The van der Waals surface area contributed by atoms with E-state index in [-0.39, 0.29) is 24.3 Å². The summed E-state index contributed by atoms with van der Waals surface area (Å²) < 4.78 is 0. The van der Waals surface area contributed by atoms with E-state index < -0.39 is 0 Å². The molecule has 36 heavy (non-hydrogen) atoms. The molecule has 1 aromatic heterocycles. The van der Waals surface area contributed by atoms with Crippen LogP contribution < -0.4 is 21.3 Å². The zero-order valence-electron chi connectivity index (χ0n) is 19.7. The molecule has 0 radical (unpaired) electrons. The summed E-state index contributed by atoms with van der Waals surface area (Å²) in [5.41, 5.74) is 5.90. The van der Waals surface area contributed by atoms with Crippen molar-refractivity contribution in [3.63, 3.8) is 0 Å². The molecule has 8 heteroatoms. The van der Waals surface area contributed by atoms with Crippen molar-refractivity contribution in [2.75, 3.05) is 22.6 Å². The van der Waals surface area contributed by atoms with Crippen molar-refractivity contribution in [3.05, 3.63) is 101 Å². The number of aliphatic hydroxyl groups is 1. The summed E-state index contributed by atoms with van der Waals surface area (Å²) in [6.45, 7) is 2.41. The number of phenols is 1. The maximum absolute atomic E-state index is 13.3. The van der Waals surface area contributed by atoms with E-state index in [4.69, 9.17) is 0 Å². The van der Waals surface area contributed by atoms with Crippen molar-refractivity contribution < 1.29 is 15.0 Å². The van der Waals surface area contributed by atoms with E-state index >= 15 is 0 Å². The van der Waals surface area contributed by atoms with Gasteiger partial charge in [-0.15, -0.1) is 0 Å². The van der Waals surface area contributed by atoms with E-state index in [1.807, 2.05) is 55.5 Å². The number of benzene rings is 3. The van der Waals surface area contributed by atoms with Gasteiger partial charge in [-0.25, -0.2) is 4.98 Å². The van der Waals surface area contributed by atoms with Crippen molar-refractivity contribution in [2.24, 2.45) is 0 Å². The number of amides is 1. The Labute approximate surface area is 209 Å². The minimum Gasteiger partial charge on any atom is -0.508 e. The van der Waals surface area contributed by atoms with Gasteiger partial charge < -0.3 is 31.5 Å². The summed E-state index contributed by atoms with van der Waals surface area (Å²) in [7, 11) is 0. The zero-order valence-corrected chi connectivity index (χ0v) is 19.7. The van der Waals surface area contributed by atoms with Crippen molar-refractivity contribution in [2.45, 2.75) is 19.5 Å². The number of hydrogen-bond donors (Lipinski definition) is 6. The van der Waals surface area contributed by atoms with Gasteiger partial charge in [0.05, 0.1) is 29.7 Å². The number of fused-ring (bicyclic) bond motifs is 2. The van der Waals surface area contributed by atoms with E-state index in [1.54, 1.807) is 30.5 Å². The number of phenolic OH excluding ortho intramolecular Hbond substituents is 1. The molecule has 0 aliphatic carbocycles. The van der Waals surface area contributed by atoms with Gasteiger partial charge in [-0.3, -0.25) is 4.79 Å². The normalized spacial score (nSPS) is 13.0. The van der Waals surface area contributed by atoms with Gasteiger partial charge >= 0.3 is 0 Å². The lowest BCUT2D eigenvalue weighted by Gasteiger charge is -2.17. The first kappa shape index (κ1) is 23.3. The molecule has 1 aliphatic heterocycles. The molecule has 6 N–H and O–H groups in total. The molecular weight excluding hydrogens is 454 g/mol. The van der Waals surface area contributed by atoms with Crippen molar-refractivity contribution >= 4 is 34.5 Å². The molecule has 3 aromatic carbocycles. The molecule has 1 amide bonds. The second kappa shape index (κ2) is 10.1. The number of aliphatic hydroxyl groups excluding tert-OH is 1. The number of hydrogen-bond acceptors (Lipinski definition) is 7. The molecule has 2 heterocycles. The molecule has 0 spiro atoms. The Hall–Kier alpha value is -4.40. The van der Waals surface area contributed by atoms with Gasteiger partial charge in [0, 0.05) is 24.5 Å². The predicted octanol–water partition coefficient (Wildman–Crippen LogP) is 4.97. The van der Waals surface area contributed by atoms with Crippen LogP contribution in [0.3, 0.4) is 0 Å². The Bertz CT molecular complexity index is 1410. The molecule has 1 aliphatic rings. The summed E-state index contributed by atoms with van der Waals surface area (Å²) in [6.07, 6.45) is 1.63. The van der Waals surface area contributed by atoms with E-state index in [2.05, 4.69) is 26.3 Å². The maximum atomic E-state index is 13.3. The number of rotatable bonds is 7. The predicted molar refractivity (Wildman–Crippen MR) is 141 cm³/mol. The summed E-state index contributed by atoms with van der Waals surface area (Å²) in [5, 5.41) is 32.6. The van der Waals surface area contributed by atoms with Gasteiger partial charge in [-0.05, 0) is 47.9 Å². The number of pyridine rings is 1. The van der Waals surface area contributed by atoms with Gasteiger partial charge in [0.1, 0.15) is 17.1 Å².